The summed E-state index contributed by atoms with van der Waals surface area (Å²) in [5.41, 5.74) is 0.512. The highest BCUT2D eigenvalue weighted by Gasteiger charge is 2.24. The molecule has 21 heavy (non-hydrogen) atoms. The number of methoxy groups -OCH3 is 3. The molecule has 0 aliphatic heterocycles. The fourth-order valence-electron chi connectivity index (χ4n) is 2.18. The van der Waals surface area contributed by atoms with E-state index in [1.807, 2.05) is 13.0 Å². The molecule has 5 heteroatoms. The molecule has 0 aliphatic carbocycles. The molecule has 0 saturated carbocycles. The smallest absolute Gasteiger partial charge is 0.144 e. The standard InChI is InChI=1S/C16H20O5/c1-5-10-6-7-12(21-10)16(17)15-13(19-3)8-11(18-2)9-14(15)20-4/h6-9,16-17H,5H2,1-4H3. The molecular weight excluding hydrogens is 272 g/mol. The van der Waals surface area contributed by atoms with Crippen molar-refractivity contribution in [3.8, 4) is 17.2 Å². The van der Waals surface area contributed by atoms with Crippen LogP contribution in [0.2, 0.25) is 0 Å². The van der Waals surface area contributed by atoms with Crippen LogP contribution in [0.5, 0.6) is 17.2 Å². The summed E-state index contributed by atoms with van der Waals surface area (Å²) in [5, 5.41) is 10.6. The average Bonchev–Trinajstić information content (AvgIpc) is 3.01. The predicted molar refractivity (Wildman–Crippen MR) is 78.2 cm³/mol. The van der Waals surface area contributed by atoms with Crippen LogP contribution < -0.4 is 14.2 Å². The van der Waals surface area contributed by atoms with E-state index in [9.17, 15) is 5.11 Å². The quantitative estimate of drug-likeness (QED) is 0.887. The molecule has 5 nitrogen and oxygen atoms in total. The van der Waals surface area contributed by atoms with Crippen molar-refractivity contribution in [2.24, 2.45) is 0 Å². The molecule has 0 fully saturated rings. The summed E-state index contributed by atoms with van der Waals surface area (Å²) in [5.74, 6) is 2.82. The number of benzene rings is 1. The minimum absolute atomic E-state index is 0.452. The molecule has 1 unspecified atom stereocenters. The first-order valence-electron chi connectivity index (χ1n) is 6.71. The maximum atomic E-state index is 10.6. The van der Waals surface area contributed by atoms with Crippen LogP contribution >= 0.6 is 0 Å². The predicted octanol–water partition coefficient (Wildman–Crippen LogP) is 2.95. The van der Waals surface area contributed by atoms with Gasteiger partial charge in [-0.2, -0.15) is 0 Å². The number of aryl methyl sites for hydroxylation is 1. The van der Waals surface area contributed by atoms with E-state index >= 15 is 0 Å². The summed E-state index contributed by atoms with van der Waals surface area (Å²) < 4.78 is 21.5. The Balaban J connectivity index is 2.50. The molecule has 0 radical (unpaired) electrons. The summed E-state index contributed by atoms with van der Waals surface area (Å²) in [6.45, 7) is 1.99. The molecule has 1 atom stereocenters. The molecule has 1 aromatic carbocycles. The van der Waals surface area contributed by atoms with Gasteiger partial charge >= 0.3 is 0 Å². The second-order valence-electron chi connectivity index (χ2n) is 4.51. The van der Waals surface area contributed by atoms with Crippen LogP contribution in [0.25, 0.3) is 0 Å². The zero-order valence-electron chi connectivity index (χ0n) is 12.7. The molecule has 114 valence electrons. The lowest BCUT2D eigenvalue weighted by atomic mass is 10.0. The third-order valence-electron chi connectivity index (χ3n) is 3.33. The van der Waals surface area contributed by atoms with Crippen molar-refractivity contribution in [3.63, 3.8) is 0 Å². The molecule has 2 rings (SSSR count). The van der Waals surface area contributed by atoms with Gasteiger partial charge in [0.15, 0.2) is 0 Å². The Bertz CT molecular complexity index is 577. The van der Waals surface area contributed by atoms with Crippen molar-refractivity contribution in [1.82, 2.24) is 0 Å². The van der Waals surface area contributed by atoms with Gasteiger partial charge in [0.25, 0.3) is 0 Å². The van der Waals surface area contributed by atoms with Gasteiger partial charge in [-0.1, -0.05) is 6.92 Å². The van der Waals surface area contributed by atoms with Crippen molar-refractivity contribution in [3.05, 3.63) is 41.3 Å². The van der Waals surface area contributed by atoms with E-state index in [0.717, 1.165) is 12.2 Å². The fraction of sp³-hybridized carbons (Fsp3) is 0.375. The van der Waals surface area contributed by atoms with Gasteiger partial charge in [-0.25, -0.2) is 0 Å². The number of hydrogen-bond donors (Lipinski definition) is 1. The maximum absolute atomic E-state index is 10.6. The number of furan rings is 1. The zero-order valence-corrected chi connectivity index (χ0v) is 12.7. The van der Waals surface area contributed by atoms with E-state index in [0.29, 0.717) is 28.6 Å². The molecule has 0 aliphatic rings. The highest BCUT2D eigenvalue weighted by molar-refractivity contribution is 5.53. The Hall–Kier alpha value is -2.14. The van der Waals surface area contributed by atoms with Gasteiger partial charge in [0, 0.05) is 18.6 Å². The van der Waals surface area contributed by atoms with E-state index in [-0.39, 0.29) is 0 Å². The summed E-state index contributed by atoms with van der Waals surface area (Å²) in [4.78, 5) is 0. The van der Waals surface area contributed by atoms with Crippen LogP contribution in [0.4, 0.5) is 0 Å². The Labute approximate surface area is 124 Å². The van der Waals surface area contributed by atoms with Gasteiger partial charge in [-0.15, -0.1) is 0 Å². The van der Waals surface area contributed by atoms with E-state index < -0.39 is 6.10 Å². The minimum Gasteiger partial charge on any atom is -0.496 e. The lowest BCUT2D eigenvalue weighted by Crippen LogP contribution is -2.05. The van der Waals surface area contributed by atoms with E-state index in [1.165, 1.54) is 14.2 Å². The van der Waals surface area contributed by atoms with Crippen LogP contribution in [0, 0.1) is 0 Å². The molecule has 0 saturated heterocycles. The third-order valence-corrected chi connectivity index (χ3v) is 3.33. The largest absolute Gasteiger partial charge is 0.496 e. The average molecular weight is 292 g/mol. The van der Waals surface area contributed by atoms with Crippen molar-refractivity contribution >= 4 is 0 Å². The Morgan fingerprint density at radius 1 is 1.05 bits per heavy atom. The highest BCUT2D eigenvalue weighted by Crippen LogP contribution is 2.40. The first kappa shape index (κ1) is 15.3. The molecule has 1 N–H and O–H groups in total. The van der Waals surface area contributed by atoms with Crippen LogP contribution in [0.3, 0.4) is 0 Å². The summed E-state index contributed by atoms with van der Waals surface area (Å²) in [6.07, 6.45) is -0.204. The molecule has 2 aromatic rings. The zero-order chi connectivity index (χ0) is 15.4. The van der Waals surface area contributed by atoms with Crippen LogP contribution in [-0.4, -0.2) is 26.4 Å². The number of ether oxygens (including phenoxy) is 3. The number of aliphatic hydroxyl groups is 1. The van der Waals surface area contributed by atoms with Crippen molar-refractivity contribution in [1.29, 1.82) is 0 Å². The summed E-state index contributed by atoms with van der Waals surface area (Å²) >= 11 is 0. The van der Waals surface area contributed by atoms with Gasteiger partial charge < -0.3 is 23.7 Å². The Morgan fingerprint density at radius 3 is 2.10 bits per heavy atom. The van der Waals surface area contributed by atoms with Gasteiger partial charge in [0.2, 0.25) is 0 Å². The topological polar surface area (TPSA) is 61.1 Å². The molecular formula is C16H20O5. The number of aliphatic hydroxyl groups excluding tert-OH is 1. The molecule has 1 aromatic heterocycles. The Morgan fingerprint density at radius 2 is 1.67 bits per heavy atom. The van der Waals surface area contributed by atoms with E-state index in [2.05, 4.69) is 0 Å². The SMILES string of the molecule is CCc1ccc(C(O)c2c(OC)cc(OC)cc2OC)o1. The third kappa shape index (κ3) is 2.97. The van der Waals surface area contributed by atoms with E-state index in [4.69, 9.17) is 18.6 Å². The second kappa shape index (κ2) is 6.54. The molecule has 1 heterocycles. The molecule has 0 bridgehead atoms. The second-order valence-corrected chi connectivity index (χ2v) is 4.51. The summed E-state index contributed by atoms with van der Waals surface area (Å²) in [6, 6.07) is 7.00. The van der Waals surface area contributed by atoms with Gasteiger partial charge in [0.05, 0.1) is 26.9 Å². The van der Waals surface area contributed by atoms with Gasteiger partial charge in [-0.05, 0) is 12.1 Å². The number of rotatable bonds is 6. The van der Waals surface area contributed by atoms with Crippen molar-refractivity contribution < 1.29 is 23.7 Å². The van der Waals surface area contributed by atoms with Gasteiger partial charge in [-0.3, -0.25) is 0 Å². The van der Waals surface area contributed by atoms with Crippen molar-refractivity contribution in [2.45, 2.75) is 19.4 Å². The monoisotopic (exact) mass is 292 g/mol. The maximum Gasteiger partial charge on any atom is 0.144 e. The van der Waals surface area contributed by atoms with Crippen molar-refractivity contribution in [2.75, 3.05) is 21.3 Å². The number of hydrogen-bond acceptors (Lipinski definition) is 5. The van der Waals surface area contributed by atoms with Crippen LogP contribution in [-0.2, 0) is 6.42 Å². The highest BCUT2D eigenvalue weighted by atomic mass is 16.5. The van der Waals surface area contributed by atoms with Crippen LogP contribution in [0.1, 0.15) is 30.1 Å². The molecule has 0 amide bonds. The molecule has 0 spiro atoms. The first-order chi connectivity index (χ1) is 10.1. The lowest BCUT2D eigenvalue weighted by molar-refractivity contribution is 0.178. The van der Waals surface area contributed by atoms with E-state index in [1.54, 1.807) is 25.3 Å². The fourth-order valence-corrected chi connectivity index (χ4v) is 2.18. The van der Waals surface area contributed by atoms with Crippen LogP contribution in [0.15, 0.2) is 28.7 Å². The Kier molecular flexibility index (Phi) is 4.75. The first-order valence-corrected chi connectivity index (χ1v) is 6.71. The lowest BCUT2D eigenvalue weighted by Gasteiger charge is -2.18. The minimum atomic E-state index is -0.971. The normalized spacial score (nSPS) is 12.0. The summed E-state index contributed by atoms with van der Waals surface area (Å²) in [7, 11) is 4.62. The van der Waals surface area contributed by atoms with Gasteiger partial charge in [0.1, 0.15) is 34.9 Å².